The molecule has 0 radical (unpaired) electrons. The van der Waals surface area contributed by atoms with Crippen molar-refractivity contribution in [3.05, 3.63) is 68.2 Å². The predicted molar refractivity (Wildman–Crippen MR) is 75.1 cm³/mol. The van der Waals surface area contributed by atoms with Crippen molar-refractivity contribution in [3.8, 4) is 0 Å². The van der Waals surface area contributed by atoms with Gasteiger partial charge in [-0.2, -0.15) is 0 Å². The first-order valence-electron chi connectivity index (χ1n) is 5.58. The number of hydrogen-bond acceptors (Lipinski definition) is 3. The van der Waals surface area contributed by atoms with Crippen LogP contribution in [0.4, 0.5) is 20.2 Å². The number of rotatable bonds is 3. The molecule has 0 unspecified atom stereocenters. The number of carbonyl (C=O) groups excluding carboxylic acids is 1. The Morgan fingerprint density at radius 3 is 2.52 bits per heavy atom. The zero-order valence-electron chi connectivity index (χ0n) is 10.3. The Morgan fingerprint density at radius 2 is 1.90 bits per heavy atom. The molecule has 21 heavy (non-hydrogen) atoms. The van der Waals surface area contributed by atoms with Crippen LogP contribution in [0.2, 0.25) is 0 Å². The van der Waals surface area contributed by atoms with Gasteiger partial charge >= 0.3 is 0 Å². The van der Waals surface area contributed by atoms with Crippen LogP contribution in [0.15, 0.2) is 40.9 Å². The molecule has 108 valence electrons. The van der Waals surface area contributed by atoms with E-state index in [4.69, 9.17) is 0 Å². The van der Waals surface area contributed by atoms with Gasteiger partial charge in [-0.15, -0.1) is 0 Å². The van der Waals surface area contributed by atoms with E-state index >= 15 is 0 Å². The van der Waals surface area contributed by atoms with Crippen molar-refractivity contribution in [3.63, 3.8) is 0 Å². The van der Waals surface area contributed by atoms with E-state index in [0.29, 0.717) is 0 Å². The van der Waals surface area contributed by atoms with Gasteiger partial charge in [0.15, 0.2) is 0 Å². The van der Waals surface area contributed by atoms with Crippen molar-refractivity contribution in [1.82, 2.24) is 0 Å². The molecular weight excluding hydrogens is 350 g/mol. The topological polar surface area (TPSA) is 72.2 Å². The molecule has 1 amide bonds. The first-order valence-corrected chi connectivity index (χ1v) is 6.37. The maximum absolute atomic E-state index is 13.3. The Kier molecular flexibility index (Phi) is 4.27. The van der Waals surface area contributed by atoms with E-state index in [9.17, 15) is 23.7 Å². The third-order valence-electron chi connectivity index (χ3n) is 2.53. The molecular formula is C13H7BrF2N2O3. The molecule has 8 heteroatoms. The van der Waals surface area contributed by atoms with E-state index in [-0.39, 0.29) is 15.7 Å². The third kappa shape index (κ3) is 3.60. The van der Waals surface area contributed by atoms with Crippen molar-refractivity contribution < 1.29 is 18.5 Å². The number of nitro groups is 1. The van der Waals surface area contributed by atoms with Crippen LogP contribution in [-0.2, 0) is 0 Å². The van der Waals surface area contributed by atoms with Gasteiger partial charge in [0.25, 0.3) is 11.6 Å². The number of nitro benzene ring substituents is 1. The predicted octanol–water partition coefficient (Wildman–Crippen LogP) is 3.89. The minimum absolute atomic E-state index is 0.00242. The molecule has 0 aliphatic heterocycles. The van der Waals surface area contributed by atoms with Crippen molar-refractivity contribution in [2.24, 2.45) is 0 Å². The Bertz CT molecular complexity index is 737. The van der Waals surface area contributed by atoms with Gasteiger partial charge in [-0.25, -0.2) is 8.78 Å². The molecule has 2 rings (SSSR count). The van der Waals surface area contributed by atoms with Crippen LogP contribution in [-0.4, -0.2) is 10.8 Å². The number of anilines is 1. The highest BCUT2D eigenvalue weighted by Crippen LogP contribution is 2.21. The lowest BCUT2D eigenvalue weighted by Gasteiger charge is -2.06. The molecule has 2 aromatic rings. The van der Waals surface area contributed by atoms with Gasteiger partial charge in [-0.3, -0.25) is 14.9 Å². The van der Waals surface area contributed by atoms with Crippen LogP contribution in [0.3, 0.4) is 0 Å². The standard InChI is InChI=1S/C13H7BrF2N2O3/c14-11-2-1-7(3-12(11)16)13(19)17-9-4-8(15)5-10(6-9)18(20)21/h1-6H,(H,17,19). The highest BCUT2D eigenvalue weighted by atomic mass is 79.9. The highest BCUT2D eigenvalue weighted by Gasteiger charge is 2.13. The number of benzene rings is 2. The molecule has 0 saturated heterocycles. The Morgan fingerprint density at radius 1 is 1.19 bits per heavy atom. The van der Waals surface area contributed by atoms with Gasteiger partial charge in [-0.1, -0.05) is 0 Å². The van der Waals surface area contributed by atoms with Gasteiger partial charge in [0.05, 0.1) is 21.1 Å². The lowest BCUT2D eigenvalue weighted by atomic mass is 10.2. The smallest absolute Gasteiger partial charge is 0.274 e. The van der Waals surface area contributed by atoms with E-state index in [1.54, 1.807) is 0 Å². The van der Waals surface area contributed by atoms with E-state index in [0.717, 1.165) is 24.3 Å². The molecule has 0 fully saturated rings. The lowest BCUT2D eigenvalue weighted by Crippen LogP contribution is -2.12. The summed E-state index contributed by atoms with van der Waals surface area (Å²) in [6.45, 7) is 0. The average Bonchev–Trinajstić information content (AvgIpc) is 2.41. The first kappa shape index (κ1) is 15.0. The van der Waals surface area contributed by atoms with Gasteiger partial charge in [-0.05, 0) is 40.2 Å². The largest absolute Gasteiger partial charge is 0.322 e. The molecule has 0 aromatic heterocycles. The fourth-order valence-corrected chi connectivity index (χ4v) is 1.84. The molecule has 0 aliphatic carbocycles. The van der Waals surface area contributed by atoms with Crippen LogP contribution < -0.4 is 5.32 Å². The normalized spacial score (nSPS) is 10.2. The van der Waals surface area contributed by atoms with Crippen LogP contribution in [0.5, 0.6) is 0 Å². The number of non-ortho nitro benzene ring substituents is 1. The zero-order valence-corrected chi connectivity index (χ0v) is 11.9. The summed E-state index contributed by atoms with van der Waals surface area (Å²) in [6.07, 6.45) is 0. The van der Waals surface area contributed by atoms with Crippen LogP contribution >= 0.6 is 15.9 Å². The minimum Gasteiger partial charge on any atom is -0.322 e. The van der Waals surface area contributed by atoms with Crippen molar-refractivity contribution >= 4 is 33.2 Å². The molecule has 0 atom stereocenters. The number of amides is 1. The molecule has 0 aliphatic rings. The van der Waals surface area contributed by atoms with E-state index in [2.05, 4.69) is 21.2 Å². The number of halogens is 3. The van der Waals surface area contributed by atoms with Crippen molar-refractivity contribution in [1.29, 1.82) is 0 Å². The summed E-state index contributed by atoms with van der Waals surface area (Å²) in [5.41, 5.74) is -0.579. The molecule has 5 nitrogen and oxygen atoms in total. The van der Waals surface area contributed by atoms with Crippen LogP contribution in [0.25, 0.3) is 0 Å². The summed E-state index contributed by atoms with van der Waals surface area (Å²) in [7, 11) is 0. The molecule has 0 saturated carbocycles. The third-order valence-corrected chi connectivity index (χ3v) is 3.18. The summed E-state index contributed by atoms with van der Waals surface area (Å²) >= 11 is 2.95. The van der Waals surface area contributed by atoms with Crippen molar-refractivity contribution in [2.75, 3.05) is 5.32 Å². The number of nitrogens with zero attached hydrogens (tertiary/aromatic N) is 1. The molecule has 0 bridgehead atoms. The summed E-state index contributed by atoms with van der Waals surface area (Å²) in [6, 6.07) is 6.37. The fraction of sp³-hybridized carbons (Fsp3) is 0. The maximum Gasteiger partial charge on any atom is 0.274 e. The number of hydrogen-bond donors (Lipinski definition) is 1. The minimum atomic E-state index is -0.860. The number of carbonyl (C=O) groups is 1. The lowest BCUT2D eigenvalue weighted by molar-refractivity contribution is -0.385. The van der Waals surface area contributed by atoms with E-state index in [1.165, 1.54) is 12.1 Å². The second-order valence-electron chi connectivity index (χ2n) is 4.04. The Labute approximate surface area is 125 Å². The first-order chi connectivity index (χ1) is 9.86. The zero-order chi connectivity index (χ0) is 15.6. The second kappa shape index (κ2) is 5.96. The summed E-state index contributed by atoms with van der Waals surface area (Å²) in [4.78, 5) is 21.7. The Balaban J connectivity index is 2.27. The SMILES string of the molecule is O=C(Nc1cc(F)cc([N+](=O)[O-])c1)c1ccc(Br)c(F)c1. The van der Waals surface area contributed by atoms with E-state index < -0.39 is 28.2 Å². The summed E-state index contributed by atoms with van der Waals surface area (Å²) < 4.78 is 26.8. The van der Waals surface area contributed by atoms with Gasteiger partial charge in [0.2, 0.25) is 0 Å². The van der Waals surface area contributed by atoms with Crippen LogP contribution in [0, 0.1) is 21.7 Å². The van der Waals surface area contributed by atoms with Gasteiger partial charge < -0.3 is 5.32 Å². The quantitative estimate of drug-likeness (QED) is 0.669. The fourth-order valence-electron chi connectivity index (χ4n) is 1.59. The average molecular weight is 357 g/mol. The maximum atomic E-state index is 13.3. The molecule has 0 spiro atoms. The molecule has 2 aromatic carbocycles. The summed E-state index contributed by atoms with van der Waals surface area (Å²) in [5, 5.41) is 12.9. The second-order valence-corrected chi connectivity index (χ2v) is 4.89. The van der Waals surface area contributed by atoms with Crippen LogP contribution in [0.1, 0.15) is 10.4 Å². The number of nitrogens with one attached hydrogen (secondary N) is 1. The van der Waals surface area contributed by atoms with Gasteiger partial charge in [0, 0.05) is 11.6 Å². The van der Waals surface area contributed by atoms with E-state index in [1.807, 2.05) is 0 Å². The highest BCUT2D eigenvalue weighted by molar-refractivity contribution is 9.10. The molecule has 1 N–H and O–H groups in total. The summed E-state index contributed by atoms with van der Waals surface area (Å²) in [5.74, 6) is -2.20. The van der Waals surface area contributed by atoms with Crippen molar-refractivity contribution in [2.45, 2.75) is 0 Å². The van der Waals surface area contributed by atoms with Gasteiger partial charge in [0.1, 0.15) is 11.6 Å². The molecule has 0 heterocycles. The monoisotopic (exact) mass is 356 g/mol. The Hall–Kier alpha value is -2.35.